The number of ether oxygens (including phenoxy) is 1. The van der Waals surface area contributed by atoms with Gasteiger partial charge in [0.2, 0.25) is 0 Å². The van der Waals surface area contributed by atoms with Crippen LogP contribution in [0.15, 0.2) is 11.4 Å². The second-order valence-electron chi connectivity index (χ2n) is 3.38. The van der Waals surface area contributed by atoms with E-state index in [0.717, 1.165) is 23.1 Å². The molecule has 84 valence electrons. The van der Waals surface area contributed by atoms with Gasteiger partial charge in [-0.15, -0.1) is 11.3 Å². The van der Waals surface area contributed by atoms with Crippen LogP contribution in [-0.2, 0) is 4.74 Å². The Morgan fingerprint density at radius 3 is 3.07 bits per heavy atom. The maximum absolute atomic E-state index is 6.14. The fourth-order valence-corrected chi connectivity index (χ4v) is 3.95. The minimum atomic E-state index is 0.227. The lowest BCUT2D eigenvalue weighted by Crippen LogP contribution is -2.36. The van der Waals surface area contributed by atoms with Crippen LogP contribution in [0.2, 0.25) is 5.02 Å². The molecule has 2 heterocycles. The molecule has 0 bridgehead atoms. The molecule has 1 N–H and O–H groups in total. The number of hydrogen-bond acceptors (Lipinski definition) is 4. The summed E-state index contributed by atoms with van der Waals surface area (Å²) in [6.07, 6.45) is 0.241. The molecule has 0 radical (unpaired) electrons. The first kappa shape index (κ1) is 11.7. The fourth-order valence-electron chi connectivity index (χ4n) is 1.71. The normalized spacial score (nSPS) is 24.0. The number of halogens is 1. The van der Waals surface area contributed by atoms with Gasteiger partial charge in [-0.3, -0.25) is 0 Å². The van der Waals surface area contributed by atoms with Gasteiger partial charge in [0.05, 0.1) is 23.8 Å². The molecule has 0 aliphatic carbocycles. The molecule has 1 aromatic heterocycles. The molecule has 15 heavy (non-hydrogen) atoms. The second-order valence-corrected chi connectivity index (χ2v) is 5.89. The molecule has 1 aliphatic heterocycles. The molecule has 0 amide bonds. The van der Waals surface area contributed by atoms with Crippen molar-refractivity contribution in [3.63, 3.8) is 0 Å². The van der Waals surface area contributed by atoms with E-state index in [1.165, 1.54) is 4.88 Å². The molecule has 5 heteroatoms. The summed E-state index contributed by atoms with van der Waals surface area (Å²) in [5.74, 6) is 2.14. The maximum atomic E-state index is 6.14. The van der Waals surface area contributed by atoms with Gasteiger partial charge in [0, 0.05) is 16.4 Å². The Bertz CT molecular complexity index is 312. The molecule has 2 unspecified atom stereocenters. The van der Waals surface area contributed by atoms with E-state index in [9.17, 15) is 0 Å². The predicted octanol–water partition coefficient (Wildman–Crippen LogP) is 2.79. The number of rotatable bonds is 3. The summed E-state index contributed by atoms with van der Waals surface area (Å²) in [6, 6.07) is 2.17. The van der Waals surface area contributed by atoms with Crippen LogP contribution in [0, 0.1) is 0 Å². The monoisotopic (exact) mass is 263 g/mol. The SMILES string of the molecule is CNC(c1sccc1Cl)C1CSCCO1. The van der Waals surface area contributed by atoms with E-state index in [2.05, 4.69) is 5.32 Å². The van der Waals surface area contributed by atoms with Crippen LogP contribution in [-0.4, -0.2) is 31.3 Å². The molecule has 1 fully saturated rings. The third-order valence-electron chi connectivity index (χ3n) is 2.45. The zero-order chi connectivity index (χ0) is 10.7. The highest BCUT2D eigenvalue weighted by molar-refractivity contribution is 7.99. The molecule has 2 rings (SSSR count). The highest BCUT2D eigenvalue weighted by atomic mass is 35.5. The van der Waals surface area contributed by atoms with Gasteiger partial charge < -0.3 is 10.1 Å². The quantitative estimate of drug-likeness (QED) is 0.906. The van der Waals surface area contributed by atoms with Crippen molar-refractivity contribution in [2.45, 2.75) is 12.1 Å². The number of thioether (sulfide) groups is 1. The third-order valence-corrected chi connectivity index (χ3v) is 4.91. The average molecular weight is 264 g/mol. The highest BCUT2D eigenvalue weighted by Crippen LogP contribution is 2.33. The molecular weight excluding hydrogens is 250 g/mol. The first-order valence-electron chi connectivity index (χ1n) is 4.92. The summed E-state index contributed by atoms with van der Waals surface area (Å²) >= 11 is 9.78. The zero-order valence-electron chi connectivity index (χ0n) is 8.53. The first-order chi connectivity index (χ1) is 7.33. The second kappa shape index (κ2) is 5.55. The zero-order valence-corrected chi connectivity index (χ0v) is 10.9. The van der Waals surface area contributed by atoms with Crippen molar-refractivity contribution in [2.75, 3.05) is 25.2 Å². The number of hydrogen-bond donors (Lipinski definition) is 1. The van der Waals surface area contributed by atoms with E-state index in [1.54, 1.807) is 11.3 Å². The van der Waals surface area contributed by atoms with Gasteiger partial charge in [-0.25, -0.2) is 0 Å². The molecule has 1 aromatic rings. The highest BCUT2D eigenvalue weighted by Gasteiger charge is 2.27. The Kier molecular flexibility index (Phi) is 4.34. The van der Waals surface area contributed by atoms with Gasteiger partial charge in [0.15, 0.2) is 0 Å². The summed E-state index contributed by atoms with van der Waals surface area (Å²) in [7, 11) is 1.96. The van der Waals surface area contributed by atoms with Gasteiger partial charge in [0.1, 0.15) is 0 Å². The number of likely N-dealkylation sites (N-methyl/N-ethyl adjacent to an activating group) is 1. The summed E-state index contributed by atoms with van der Waals surface area (Å²) in [5.41, 5.74) is 0. The summed E-state index contributed by atoms with van der Waals surface area (Å²) in [4.78, 5) is 1.19. The van der Waals surface area contributed by atoms with Crippen molar-refractivity contribution >= 4 is 34.7 Å². The van der Waals surface area contributed by atoms with Crippen LogP contribution in [0.4, 0.5) is 0 Å². The largest absolute Gasteiger partial charge is 0.374 e. The van der Waals surface area contributed by atoms with Gasteiger partial charge in [-0.05, 0) is 18.5 Å². The van der Waals surface area contributed by atoms with Crippen LogP contribution < -0.4 is 5.32 Å². The molecule has 2 nitrogen and oxygen atoms in total. The molecule has 0 aromatic carbocycles. The van der Waals surface area contributed by atoms with Gasteiger partial charge in [-0.1, -0.05) is 11.6 Å². The number of thiophene rings is 1. The average Bonchev–Trinajstić information content (AvgIpc) is 2.68. The van der Waals surface area contributed by atoms with Crippen molar-refractivity contribution in [1.29, 1.82) is 0 Å². The third kappa shape index (κ3) is 2.68. The van der Waals surface area contributed by atoms with Gasteiger partial charge >= 0.3 is 0 Å². The van der Waals surface area contributed by atoms with E-state index in [-0.39, 0.29) is 12.1 Å². The van der Waals surface area contributed by atoms with Crippen LogP contribution in [0.3, 0.4) is 0 Å². The molecule has 1 aliphatic rings. The Morgan fingerprint density at radius 1 is 1.67 bits per heavy atom. The standard InChI is InChI=1S/C10H14ClNOS2/c1-12-9(8-6-14-5-3-13-8)10-7(11)2-4-15-10/h2,4,8-9,12H,3,5-6H2,1H3. The Labute approximate surface area is 103 Å². The van der Waals surface area contributed by atoms with Crippen LogP contribution in [0.1, 0.15) is 10.9 Å². The Hall–Kier alpha value is 0.260. The molecule has 1 saturated heterocycles. The minimum Gasteiger partial charge on any atom is -0.374 e. The summed E-state index contributed by atoms with van der Waals surface area (Å²) in [5, 5.41) is 6.17. The maximum Gasteiger partial charge on any atom is 0.0868 e. The summed E-state index contributed by atoms with van der Waals surface area (Å²) in [6.45, 7) is 0.844. The van der Waals surface area contributed by atoms with Crippen molar-refractivity contribution in [3.8, 4) is 0 Å². The Balaban J connectivity index is 2.12. The van der Waals surface area contributed by atoms with Crippen molar-refractivity contribution in [2.24, 2.45) is 0 Å². The molecular formula is C10H14ClNOS2. The smallest absolute Gasteiger partial charge is 0.0868 e. The van der Waals surface area contributed by atoms with E-state index in [1.807, 2.05) is 30.3 Å². The van der Waals surface area contributed by atoms with Crippen molar-refractivity contribution in [3.05, 3.63) is 21.3 Å². The topological polar surface area (TPSA) is 21.3 Å². The van der Waals surface area contributed by atoms with E-state index in [4.69, 9.17) is 16.3 Å². The minimum absolute atomic E-state index is 0.227. The lowest BCUT2D eigenvalue weighted by Gasteiger charge is -2.29. The predicted molar refractivity (Wildman–Crippen MR) is 68.2 cm³/mol. The van der Waals surface area contributed by atoms with Crippen molar-refractivity contribution in [1.82, 2.24) is 5.32 Å². The first-order valence-corrected chi connectivity index (χ1v) is 7.33. The van der Waals surface area contributed by atoms with Crippen LogP contribution >= 0.6 is 34.7 Å². The summed E-state index contributed by atoms with van der Waals surface area (Å²) < 4.78 is 5.77. The van der Waals surface area contributed by atoms with Gasteiger partial charge in [0.25, 0.3) is 0 Å². The molecule has 0 saturated carbocycles. The number of nitrogens with one attached hydrogen (secondary N) is 1. The van der Waals surface area contributed by atoms with Crippen molar-refractivity contribution < 1.29 is 4.74 Å². The molecule has 0 spiro atoms. The van der Waals surface area contributed by atoms with Gasteiger partial charge in [-0.2, -0.15) is 11.8 Å². The lowest BCUT2D eigenvalue weighted by atomic mass is 10.1. The van der Waals surface area contributed by atoms with E-state index < -0.39 is 0 Å². The van der Waals surface area contributed by atoms with Crippen LogP contribution in [0.25, 0.3) is 0 Å². The van der Waals surface area contributed by atoms with E-state index >= 15 is 0 Å². The fraction of sp³-hybridized carbons (Fsp3) is 0.600. The molecule has 2 atom stereocenters. The van der Waals surface area contributed by atoms with Crippen LogP contribution in [0.5, 0.6) is 0 Å². The lowest BCUT2D eigenvalue weighted by molar-refractivity contribution is 0.0497. The van der Waals surface area contributed by atoms with E-state index in [0.29, 0.717) is 0 Å². The Morgan fingerprint density at radius 2 is 2.53 bits per heavy atom.